The van der Waals surface area contributed by atoms with Crippen molar-refractivity contribution in [3.63, 3.8) is 0 Å². The van der Waals surface area contributed by atoms with Gasteiger partial charge in [-0.1, -0.05) is 42.5 Å². The maximum atomic E-state index is 12.7. The highest BCUT2D eigenvalue weighted by Crippen LogP contribution is 2.42. The van der Waals surface area contributed by atoms with Gasteiger partial charge in [0.1, 0.15) is 0 Å². The molecule has 0 radical (unpaired) electrons. The van der Waals surface area contributed by atoms with E-state index in [2.05, 4.69) is 0 Å². The van der Waals surface area contributed by atoms with Gasteiger partial charge in [-0.25, -0.2) is 0 Å². The van der Waals surface area contributed by atoms with E-state index in [9.17, 15) is 13.2 Å². The fraction of sp³-hybridized carbons (Fsp3) is 0.294. The monoisotopic (exact) mass is 310 g/mol. The van der Waals surface area contributed by atoms with Crippen LogP contribution in [0, 0.1) is 5.92 Å². The summed E-state index contributed by atoms with van der Waals surface area (Å²) in [5.41, 5.74) is 2.40. The molecule has 2 aromatic rings. The van der Waals surface area contributed by atoms with Crippen molar-refractivity contribution in [2.75, 3.05) is 0 Å². The predicted octanol–water partition coefficient (Wildman–Crippen LogP) is 5.40. The van der Waals surface area contributed by atoms with Crippen LogP contribution in [0.2, 0.25) is 0 Å². The molecule has 0 amide bonds. The molecule has 0 aromatic heterocycles. The fourth-order valence-corrected chi connectivity index (χ4v) is 3.37. The Morgan fingerprint density at radius 2 is 1.81 bits per heavy atom. The maximum absolute atomic E-state index is 12.7. The SMILES string of the molecule is FC(F)(F)c1cccc(CC2Cc3ccccc3C2Cl)c1. The van der Waals surface area contributed by atoms with Crippen molar-refractivity contribution < 1.29 is 13.2 Å². The van der Waals surface area contributed by atoms with Gasteiger partial charge in [0.2, 0.25) is 0 Å². The molecule has 4 heteroatoms. The van der Waals surface area contributed by atoms with E-state index >= 15 is 0 Å². The van der Waals surface area contributed by atoms with Crippen LogP contribution in [-0.4, -0.2) is 0 Å². The number of rotatable bonds is 2. The van der Waals surface area contributed by atoms with Crippen LogP contribution in [-0.2, 0) is 19.0 Å². The van der Waals surface area contributed by atoms with E-state index in [4.69, 9.17) is 11.6 Å². The fourth-order valence-electron chi connectivity index (χ4n) is 2.98. The van der Waals surface area contributed by atoms with E-state index in [0.717, 1.165) is 18.1 Å². The Morgan fingerprint density at radius 3 is 2.52 bits per heavy atom. The Balaban J connectivity index is 1.80. The third-order valence-corrected chi connectivity index (χ3v) is 4.59. The summed E-state index contributed by atoms with van der Waals surface area (Å²) in [7, 11) is 0. The number of fused-ring (bicyclic) bond motifs is 1. The Kier molecular flexibility index (Phi) is 3.70. The normalized spacial score (nSPS) is 21.3. The summed E-state index contributed by atoms with van der Waals surface area (Å²) < 4.78 is 38.2. The first kappa shape index (κ1) is 14.5. The molecule has 0 aliphatic heterocycles. The number of alkyl halides is 4. The summed E-state index contributed by atoms with van der Waals surface area (Å²) in [6, 6.07) is 13.5. The molecule has 2 unspecified atom stereocenters. The molecule has 21 heavy (non-hydrogen) atoms. The van der Waals surface area contributed by atoms with Gasteiger partial charge in [0, 0.05) is 0 Å². The summed E-state index contributed by atoms with van der Waals surface area (Å²) in [6.45, 7) is 0. The number of hydrogen-bond acceptors (Lipinski definition) is 0. The van der Waals surface area contributed by atoms with Gasteiger partial charge in [-0.05, 0) is 41.5 Å². The topological polar surface area (TPSA) is 0 Å². The van der Waals surface area contributed by atoms with Gasteiger partial charge in [-0.15, -0.1) is 11.6 Å². The highest BCUT2D eigenvalue weighted by molar-refractivity contribution is 6.21. The summed E-state index contributed by atoms with van der Waals surface area (Å²) in [5, 5.41) is -0.129. The molecule has 0 bridgehead atoms. The third kappa shape index (κ3) is 2.93. The molecule has 0 fully saturated rings. The van der Waals surface area contributed by atoms with E-state index in [1.807, 2.05) is 24.3 Å². The summed E-state index contributed by atoms with van der Waals surface area (Å²) in [5.74, 6) is 0.146. The molecule has 0 nitrogen and oxygen atoms in total. The minimum atomic E-state index is -4.30. The van der Waals surface area contributed by atoms with Crippen molar-refractivity contribution in [1.29, 1.82) is 0 Å². The van der Waals surface area contributed by atoms with Crippen LogP contribution in [0.4, 0.5) is 13.2 Å². The molecule has 110 valence electrons. The molecular formula is C17H14ClF3. The molecule has 0 spiro atoms. The molecule has 0 heterocycles. The van der Waals surface area contributed by atoms with Crippen molar-refractivity contribution in [2.24, 2.45) is 5.92 Å². The Morgan fingerprint density at radius 1 is 1.05 bits per heavy atom. The number of benzene rings is 2. The van der Waals surface area contributed by atoms with Crippen molar-refractivity contribution in [1.82, 2.24) is 0 Å². The zero-order valence-corrected chi connectivity index (χ0v) is 12.0. The first-order valence-corrected chi connectivity index (χ1v) is 7.27. The lowest BCUT2D eigenvalue weighted by atomic mass is 9.95. The van der Waals surface area contributed by atoms with Gasteiger partial charge < -0.3 is 0 Å². The predicted molar refractivity (Wildman–Crippen MR) is 77.4 cm³/mol. The van der Waals surface area contributed by atoms with E-state index in [-0.39, 0.29) is 11.3 Å². The average Bonchev–Trinajstić information content (AvgIpc) is 2.75. The molecule has 1 aliphatic rings. The van der Waals surface area contributed by atoms with Crippen LogP contribution in [0.3, 0.4) is 0 Å². The zero-order valence-electron chi connectivity index (χ0n) is 11.2. The van der Waals surface area contributed by atoms with Crippen molar-refractivity contribution in [3.05, 3.63) is 70.8 Å². The van der Waals surface area contributed by atoms with E-state index in [1.54, 1.807) is 6.07 Å². The lowest BCUT2D eigenvalue weighted by Gasteiger charge is -2.15. The standard InChI is InChI=1S/C17H14ClF3/c18-16-13(10-12-5-1-2-7-15(12)16)8-11-4-3-6-14(9-11)17(19,20)21/h1-7,9,13,16H,8,10H2. The largest absolute Gasteiger partial charge is 0.416 e. The van der Waals surface area contributed by atoms with Gasteiger partial charge in [-0.2, -0.15) is 13.2 Å². The van der Waals surface area contributed by atoms with Crippen molar-refractivity contribution in [2.45, 2.75) is 24.4 Å². The lowest BCUT2D eigenvalue weighted by molar-refractivity contribution is -0.137. The van der Waals surface area contributed by atoms with Crippen LogP contribution >= 0.6 is 11.6 Å². The third-order valence-electron chi connectivity index (χ3n) is 4.00. The van der Waals surface area contributed by atoms with Crippen LogP contribution in [0.25, 0.3) is 0 Å². The highest BCUT2D eigenvalue weighted by Gasteiger charge is 2.33. The minimum Gasteiger partial charge on any atom is -0.166 e. The minimum absolute atomic E-state index is 0.129. The second kappa shape index (κ2) is 5.38. The molecule has 0 N–H and O–H groups in total. The summed E-state index contributed by atoms with van der Waals surface area (Å²) in [4.78, 5) is 0. The smallest absolute Gasteiger partial charge is 0.166 e. The van der Waals surface area contributed by atoms with Gasteiger partial charge in [0.05, 0.1) is 10.9 Å². The first-order valence-electron chi connectivity index (χ1n) is 6.83. The Hall–Kier alpha value is -1.48. The van der Waals surface area contributed by atoms with Crippen LogP contribution in [0.1, 0.15) is 27.6 Å². The van der Waals surface area contributed by atoms with E-state index in [1.165, 1.54) is 17.7 Å². The van der Waals surface area contributed by atoms with Crippen LogP contribution < -0.4 is 0 Å². The lowest BCUT2D eigenvalue weighted by Crippen LogP contribution is -2.09. The summed E-state index contributed by atoms with van der Waals surface area (Å²) >= 11 is 6.47. The maximum Gasteiger partial charge on any atom is 0.416 e. The Bertz CT molecular complexity index is 648. The molecule has 1 aliphatic carbocycles. The quantitative estimate of drug-likeness (QED) is 0.651. The van der Waals surface area contributed by atoms with Gasteiger partial charge in [0.25, 0.3) is 0 Å². The van der Waals surface area contributed by atoms with Gasteiger partial charge in [-0.3, -0.25) is 0 Å². The van der Waals surface area contributed by atoms with Crippen LogP contribution in [0.15, 0.2) is 48.5 Å². The second-order valence-electron chi connectivity index (χ2n) is 5.47. The molecular weight excluding hydrogens is 297 g/mol. The van der Waals surface area contributed by atoms with Gasteiger partial charge >= 0.3 is 6.18 Å². The number of hydrogen-bond donors (Lipinski definition) is 0. The first-order chi connectivity index (χ1) is 9.95. The average molecular weight is 311 g/mol. The molecule has 2 atom stereocenters. The number of halogens is 4. The molecule has 0 saturated heterocycles. The van der Waals surface area contributed by atoms with Gasteiger partial charge in [0.15, 0.2) is 0 Å². The highest BCUT2D eigenvalue weighted by atomic mass is 35.5. The summed E-state index contributed by atoms with van der Waals surface area (Å²) in [6.07, 6.45) is -2.91. The molecule has 0 saturated carbocycles. The van der Waals surface area contributed by atoms with Crippen LogP contribution in [0.5, 0.6) is 0 Å². The van der Waals surface area contributed by atoms with Crippen molar-refractivity contribution in [3.8, 4) is 0 Å². The van der Waals surface area contributed by atoms with E-state index in [0.29, 0.717) is 12.0 Å². The Labute approximate surface area is 126 Å². The van der Waals surface area contributed by atoms with Crippen molar-refractivity contribution >= 4 is 11.6 Å². The second-order valence-corrected chi connectivity index (χ2v) is 5.94. The van der Waals surface area contributed by atoms with E-state index < -0.39 is 11.7 Å². The zero-order chi connectivity index (χ0) is 15.0. The molecule has 2 aromatic carbocycles. The molecule has 3 rings (SSSR count).